The monoisotopic (exact) mass is 296 g/mol. The van der Waals surface area contributed by atoms with Crippen molar-refractivity contribution in [2.75, 3.05) is 0 Å². The molecule has 0 spiro atoms. The van der Waals surface area contributed by atoms with Gasteiger partial charge in [-0.3, -0.25) is 0 Å². The van der Waals surface area contributed by atoms with E-state index in [4.69, 9.17) is 0 Å². The molecule has 3 heteroatoms. The SMILES string of the molecule is Cc1ccc2c(c1)/C(=C/C(=O)O)C(C)(c1ccccc1)S2. The molecule has 0 bridgehead atoms. The maximum absolute atomic E-state index is 11.3. The van der Waals surface area contributed by atoms with Crippen LogP contribution in [0, 0.1) is 6.92 Å². The summed E-state index contributed by atoms with van der Waals surface area (Å²) in [6, 6.07) is 16.3. The molecule has 1 aliphatic rings. The van der Waals surface area contributed by atoms with Crippen LogP contribution in [-0.2, 0) is 9.54 Å². The maximum Gasteiger partial charge on any atom is 0.328 e. The highest BCUT2D eigenvalue weighted by atomic mass is 32.2. The van der Waals surface area contributed by atoms with Gasteiger partial charge in [-0.1, -0.05) is 48.0 Å². The lowest BCUT2D eigenvalue weighted by Crippen LogP contribution is -2.16. The number of aliphatic carboxylic acids is 1. The Hall–Kier alpha value is -2.00. The molecule has 106 valence electrons. The Morgan fingerprint density at radius 1 is 1.19 bits per heavy atom. The molecule has 1 heterocycles. The topological polar surface area (TPSA) is 37.3 Å². The van der Waals surface area contributed by atoms with E-state index in [1.54, 1.807) is 11.8 Å². The molecule has 1 atom stereocenters. The van der Waals surface area contributed by atoms with E-state index < -0.39 is 5.97 Å². The lowest BCUT2D eigenvalue weighted by Gasteiger charge is -2.25. The highest BCUT2D eigenvalue weighted by Gasteiger charge is 2.40. The molecule has 1 aliphatic heterocycles. The summed E-state index contributed by atoms with van der Waals surface area (Å²) < 4.78 is -0.365. The highest BCUT2D eigenvalue weighted by molar-refractivity contribution is 8.01. The summed E-state index contributed by atoms with van der Waals surface area (Å²) in [5.41, 5.74) is 4.16. The number of carbonyl (C=O) groups is 1. The van der Waals surface area contributed by atoms with E-state index in [1.165, 1.54) is 6.08 Å². The molecule has 0 aromatic heterocycles. The van der Waals surface area contributed by atoms with Gasteiger partial charge in [-0.15, -0.1) is 11.8 Å². The number of rotatable bonds is 2. The molecule has 0 fully saturated rings. The first-order valence-corrected chi connectivity index (χ1v) is 7.63. The van der Waals surface area contributed by atoms with E-state index in [0.29, 0.717) is 0 Å². The molecule has 0 saturated heterocycles. The van der Waals surface area contributed by atoms with Gasteiger partial charge in [-0.05, 0) is 36.6 Å². The predicted octanol–water partition coefficient (Wildman–Crippen LogP) is 4.48. The van der Waals surface area contributed by atoms with Crippen LogP contribution in [0.3, 0.4) is 0 Å². The molecule has 2 aromatic rings. The van der Waals surface area contributed by atoms with Gasteiger partial charge in [0.15, 0.2) is 0 Å². The third kappa shape index (κ3) is 2.38. The van der Waals surface area contributed by atoms with Crippen LogP contribution < -0.4 is 0 Å². The van der Waals surface area contributed by atoms with Crippen molar-refractivity contribution in [2.45, 2.75) is 23.5 Å². The lowest BCUT2D eigenvalue weighted by molar-refractivity contribution is -0.131. The van der Waals surface area contributed by atoms with Crippen LogP contribution in [0.5, 0.6) is 0 Å². The first-order chi connectivity index (χ1) is 10.0. The van der Waals surface area contributed by atoms with Crippen molar-refractivity contribution >= 4 is 23.3 Å². The quantitative estimate of drug-likeness (QED) is 0.830. The number of carboxylic acids is 1. The smallest absolute Gasteiger partial charge is 0.328 e. The zero-order chi connectivity index (χ0) is 15.0. The molecule has 2 aromatic carbocycles. The van der Waals surface area contributed by atoms with Crippen LogP contribution >= 0.6 is 11.8 Å². The minimum Gasteiger partial charge on any atom is -0.478 e. The molecule has 21 heavy (non-hydrogen) atoms. The van der Waals surface area contributed by atoms with Crippen LogP contribution in [0.25, 0.3) is 5.57 Å². The minimum absolute atomic E-state index is 0.365. The van der Waals surface area contributed by atoms with Crippen molar-refractivity contribution in [1.29, 1.82) is 0 Å². The average molecular weight is 296 g/mol. The number of hydrogen-bond acceptors (Lipinski definition) is 2. The summed E-state index contributed by atoms with van der Waals surface area (Å²) in [7, 11) is 0. The van der Waals surface area contributed by atoms with Crippen LogP contribution in [-0.4, -0.2) is 11.1 Å². The second kappa shape index (κ2) is 5.08. The van der Waals surface area contributed by atoms with E-state index in [2.05, 4.69) is 37.3 Å². The van der Waals surface area contributed by atoms with Gasteiger partial charge in [0.2, 0.25) is 0 Å². The van der Waals surface area contributed by atoms with Gasteiger partial charge in [-0.2, -0.15) is 0 Å². The Bertz CT molecular complexity index is 734. The normalized spacial score (nSPS) is 22.3. The molecule has 2 nitrogen and oxygen atoms in total. The van der Waals surface area contributed by atoms with Gasteiger partial charge in [0, 0.05) is 11.0 Å². The van der Waals surface area contributed by atoms with Gasteiger partial charge in [0.05, 0.1) is 4.75 Å². The van der Waals surface area contributed by atoms with E-state index in [-0.39, 0.29) is 4.75 Å². The molecule has 0 radical (unpaired) electrons. The van der Waals surface area contributed by atoms with Crippen LogP contribution in [0.1, 0.15) is 23.6 Å². The van der Waals surface area contributed by atoms with Crippen molar-refractivity contribution in [3.63, 3.8) is 0 Å². The summed E-state index contributed by atoms with van der Waals surface area (Å²) in [5.74, 6) is -0.901. The first-order valence-electron chi connectivity index (χ1n) is 6.81. The van der Waals surface area contributed by atoms with Crippen molar-refractivity contribution < 1.29 is 9.90 Å². The highest BCUT2D eigenvalue weighted by Crippen LogP contribution is 2.58. The molecule has 3 rings (SSSR count). The number of hydrogen-bond donors (Lipinski definition) is 1. The van der Waals surface area contributed by atoms with Crippen molar-refractivity contribution in [3.05, 3.63) is 71.3 Å². The predicted molar refractivity (Wildman–Crippen MR) is 86.4 cm³/mol. The fraction of sp³-hybridized carbons (Fsp3) is 0.167. The summed E-state index contributed by atoms with van der Waals surface area (Å²) in [5, 5.41) is 9.26. The van der Waals surface area contributed by atoms with E-state index in [0.717, 1.165) is 27.2 Å². The van der Waals surface area contributed by atoms with Crippen LogP contribution in [0.15, 0.2) is 59.5 Å². The zero-order valence-electron chi connectivity index (χ0n) is 12.0. The lowest BCUT2D eigenvalue weighted by atomic mass is 9.87. The summed E-state index contributed by atoms with van der Waals surface area (Å²) in [4.78, 5) is 12.4. The number of aryl methyl sites for hydroxylation is 1. The second-order valence-corrected chi connectivity index (χ2v) is 6.86. The molecule has 1 unspecified atom stereocenters. The fourth-order valence-corrected chi connectivity index (χ4v) is 4.17. The summed E-state index contributed by atoms with van der Waals surface area (Å²) in [6.07, 6.45) is 1.35. The van der Waals surface area contributed by atoms with Gasteiger partial charge in [0.1, 0.15) is 0 Å². The summed E-state index contributed by atoms with van der Waals surface area (Å²) in [6.45, 7) is 4.12. The standard InChI is InChI=1S/C18H16O2S/c1-12-8-9-16-14(10-12)15(11-17(19)20)18(2,21-16)13-6-4-3-5-7-13/h3-11H,1-2H3,(H,19,20)/b15-11-. The number of carboxylic acid groups (broad SMARTS) is 1. The van der Waals surface area contributed by atoms with Gasteiger partial charge >= 0.3 is 5.97 Å². The van der Waals surface area contributed by atoms with Crippen LogP contribution in [0.4, 0.5) is 0 Å². The van der Waals surface area contributed by atoms with E-state index in [9.17, 15) is 9.90 Å². The van der Waals surface area contributed by atoms with E-state index >= 15 is 0 Å². The molecule has 0 aliphatic carbocycles. The third-order valence-electron chi connectivity index (χ3n) is 3.85. The van der Waals surface area contributed by atoms with Crippen LogP contribution in [0.2, 0.25) is 0 Å². The Kier molecular flexibility index (Phi) is 3.38. The maximum atomic E-state index is 11.3. The molecule has 0 amide bonds. The van der Waals surface area contributed by atoms with Crippen molar-refractivity contribution in [3.8, 4) is 0 Å². The van der Waals surface area contributed by atoms with E-state index in [1.807, 2.05) is 25.1 Å². The zero-order valence-corrected chi connectivity index (χ0v) is 12.8. The fourth-order valence-electron chi connectivity index (χ4n) is 2.78. The molecule has 1 N–H and O–H groups in total. The number of thioether (sulfide) groups is 1. The Morgan fingerprint density at radius 3 is 2.57 bits per heavy atom. The molecule has 0 saturated carbocycles. The molecular weight excluding hydrogens is 280 g/mol. The molecular formula is C18H16O2S. The van der Waals surface area contributed by atoms with Gasteiger partial charge < -0.3 is 5.11 Å². The number of fused-ring (bicyclic) bond motifs is 1. The second-order valence-electron chi connectivity index (χ2n) is 5.40. The van der Waals surface area contributed by atoms with Gasteiger partial charge in [0.25, 0.3) is 0 Å². The largest absolute Gasteiger partial charge is 0.478 e. The summed E-state index contributed by atoms with van der Waals surface area (Å²) >= 11 is 1.72. The van der Waals surface area contributed by atoms with Crippen molar-refractivity contribution in [1.82, 2.24) is 0 Å². The Morgan fingerprint density at radius 2 is 1.90 bits per heavy atom. The number of benzene rings is 2. The Balaban J connectivity index is 2.22. The third-order valence-corrected chi connectivity index (χ3v) is 5.29. The van der Waals surface area contributed by atoms with Crippen molar-refractivity contribution in [2.24, 2.45) is 0 Å². The Labute approximate surface area is 128 Å². The first kappa shape index (κ1) is 14.0. The van der Waals surface area contributed by atoms with Gasteiger partial charge in [-0.25, -0.2) is 4.79 Å². The average Bonchev–Trinajstić information content (AvgIpc) is 2.73. The minimum atomic E-state index is -0.901.